The molecule has 0 saturated carbocycles. The number of rotatable bonds is 4. The number of aromatic nitrogens is 2. The Morgan fingerprint density at radius 2 is 1.78 bits per heavy atom. The summed E-state index contributed by atoms with van der Waals surface area (Å²) in [4.78, 5) is 0.503. The molecule has 0 fully saturated rings. The van der Waals surface area contributed by atoms with E-state index in [1.807, 2.05) is 0 Å². The molecule has 0 saturated heterocycles. The second-order valence-corrected chi connectivity index (χ2v) is 5.67. The van der Waals surface area contributed by atoms with Gasteiger partial charge in [-0.3, -0.25) is 0 Å². The van der Waals surface area contributed by atoms with Gasteiger partial charge in [-0.2, -0.15) is 0 Å². The van der Waals surface area contributed by atoms with Crippen LogP contribution in [0.2, 0.25) is 5.02 Å². The lowest BCUT2D eigenvalue weighted by Crippen LogP contribution is -2.12. The highest BCUT2D eigenvalue weighted by Gasteiger charge is 2.10. The van der Waals surface area contributed by atoms with Crippen molar-refractivity contribution in [3.8, 4) is 11.5 Å². The highest BCUT2D eigenvalue weighted by atomic mass is 35.5. The number of nitrogens with one attached hydrogen (secondary N) is 1. The van der Waals surface area contributed by atoms with Crippen LogP contribution >= 0.6 is 23.8 Å². The topological polar surface area (TPSA) is 51.0 Å². The third-order valence-electron chi connectivity index (χ3n) is 3.00. The van der Waals surface area contributed by atoms with Gasteiger partial charge in [-0.1, -0.05) is 23.8 Å². The largest absolute Gasteiger partial charge is 0.420 e. The molecular formula is C16H11ClFN3OS. The van der Waals surface area contributed by atoms with Crippen LogP contribution in [0.15, 0.2) is 52.9 Å². The Bertz CT molecular complexity index is 818. The number of anilines is 1. The molecule has 1 heterocycles. The van der Waals surface area contributed by atoms with Crippen molar-refractivity contribution in [3.63, 3.8) is 0 Å². The van der Waals surface area contributed by atoms with Crippen LogP contribution in [0.5, 0.6) is 0 Å². The summed E-state index contributed by atoms with van der Waals surface area (Å²) < 4.78 is 18.4. The molecule has 1 N–H and O–H groups in total. The Balaban J connectivity index is 1.65. The second-order valence-electron chi connectivity index (χ2n) is 4.74. The summed E-state index contributed by atoms with van der Waals surface area (Å²) in [5.74, 6) is 0.502. The Hall–Kier alpha value is -2.31. The monoisotopic (exact) mass is 347 g/mol. The summed E-state index contributed by atoms with van der Waals surface area (Å²) >= 11 is 11.1. The van der Waals surface area contributed by atoms with Gasteiger partial charge in [-0.15, -0.1) is 10.2 Å². The van der Waals surface area contributed by atoms with Crippen LogP contribution in [-0.2, 0) is 6.42 Å². The van der Waals surface area contributed by atoms with E-state index < -0.39 is 0 Å². The molecule has 23 heavy (non-hydrogen) atoms. The van der Waals surface area contributed by atoms with Crippen molar-refractivity contribution in [2.45, 2.75) is 6.42 Å². The first-order valence-electron chi connectivity index (χ1n) is 6.74. The summed E-state index contributed by atoms with van der Waals surface area (Å²) in [6, 6.07) is 13.0. The van der Waals surface area contributed by atoms with Gasteiger partial charge in [-0.05, 0) is 48.5 Å². The van der Waals surface area contributed by atoms with Gasteiger partial charge in [0.05, 0.1) is 11.4 Å². The van der Waals surface area contributed by atoms with E-state index in [0.29, 0.717) is 33.9 Å². The number of halogens is 2. The molecule has 0 bridgehead atoms. The minimum absolute atomic E-state index is 0.299. The zero-order chi connectivity index (χ0) is 16.2. The second kappa shape index (κ2) is 6.85. The molecule has 116 valence electrons. The smallest absolute Gasteiger partial charge is 0.247 e. The average molecular weight is 348 g/mol. The van der Waals surface area contributed by atoms with Gasteiger partial charge in [0, 0.05) is 16.3 Å². The molecule has 0 atom stereocenters. The Morgan fingerprint density at radius 3 is 2.48 bits per heavy atom. The van der Waals surface area contributed by atoms with Crippen molar-refractivity contribution < 1.29 is 8.81 Å². The first kappa shape index (κ1) is 15.6. The molecule has 3 rings (SSSR count). The normalized spacial score (nSPS) is 10.5. The molecule has 3 aromatic rings. The van der Waals surface area contributed by atoms with Crippen LogP contribution in [-0.4, -0.2) is 15.2 Å². The average Bonchev–Trinajstić information content (AvgIpc) is 2.98. The fraction of sp³-hybridized carbons (Fsp3) is 0.0625. The molecule has 2 aromatic carbocycles. The fourth-order valence-corrected chi connectivity index (χ4v) is 2.28. The van der Waals surface area contributed by atoms with Gasteiger partial charge in [0.25, 0.3) is 0 Å². The van der Waals surface area contributed by atoms with E-state index in [9.17, 15) is 4.39 Å². The lowest BCUT2D eigenvalue weighted by Gasteiger charge is -2.05. The molecule has 0 amide bonds. The zero-order valence-corrected chi connectivity index (χ0v) is 13.4. The standard InChI is InChI=1S/C16H11ClFN3OS/c17-11-3-1-10(2-4-11)16-21-20-14(22-16)9-15(23)19-13-7-5-12(18)6-8-13/h1-8H,9H2,(H,19,23). The van der Waals surface area contributed by atoms with Crippen molar-refractivity contribution in [1.29, 1.82) is 0 Å². The molecule has 0 spiro atoms. The first-order chi connectivity index (χ1) is 11.1. The van der Waals surface area contributed by atoms with Crippen molar-refractivity contribution in [2.75, 3.05) is 5.32 Å². The SMILES string of the molecule is Fc1ccc(NC(=S)Cc2nnc(-c3ccc(Cl)cc3)o2)cc1. The lowest BCUT2D eigenvalue weighted by molar-refractivity contribution is 0.525. The number of benzene rings is 2. The highest BCUT2D eigenvalue weighted by molar-refractivity contribution is 7.80. The van der Waals surface area contributed by atoms with Gasteiger partial charge in [0.1, 0.15) is 5.82 Å². The van der Waals surface area contributed by atoms with Crippen LogP contribution < -0.4 is 5.32 Å². The summed E-state index contributed by atoms with van der Waals surface area (Å²) in [5.41, 5.74) is 1.49. The maximum atomic E-state index is 12.9. The van der Waals surface area contributed by atoms with Crippen molar-refractivity contribution >= 4 is 34.5 Å². The summed E-state index contributed by atoms with van der Waals surface area (Å²) in [5, 5.41) is 11.6. The number of hydrogen-bond acceptors (Lipinski definition) is 4. The molecule has 0 unspecified atom stereocenters. The van der Waals surface area contributed by atoms with Crippen LogP contribution in [0.4, 0.5) is 10.1 Å². The zero-order valence-electron chi connectivity index (χ0n) is 11.8. The highest BCUT2D eigenvalue weighted by Crippen LogP contribution is 2.20. The number of nitrogens with zero attached hydrogens (tertiary/aromatic N) is 2. The molecule has 1 aromatic heterocycles. The lowest BCUT2D eigenvalue weighted by atomic mass is 10.2. The summed E-state index contributed by atoms with van der Waals surface area (Å²) in [6.45, 7) is 0. The van der Waals surface area contributed by atoms with Gasteiger partial charge < -0.3 is 9.73 Å². The van der Waals surface area contributed by atoms with E-state index >= 15 is 0 Å². The maximum absolute atomic E-state index is 12.9. The fourth-order valence-electron chi connectivity index (χ4n) is 1.91. The van der Waals surface area contributed by atoms with E-state index in [2.05, 4.69) is 15.5 Å². The first-order valence-corrected chi connectivity index (χ1v) is 7.52. The summed E-state index contributed by atoms with van der Waals surface area (Å²) in [7, 11) is 0. The molecule has 7 heteroatoms. The van der Waals surface area contributed by atoms with Crippen molar-refractivity contribution in [2.24, 2.45) is 0 Å². The van der Waals surface area contributed by atoms with E-state index in [4.69, 9.17) is 28.2 Å². The Labute approximate surface area is 142 Å². The number of hydrogen-bond donors (Lipinski definition) is 1. The molecule has 0 aliphatic heterocycles. The Kier molecular flexibility index (Phi) is 4.64. The van der Waals surface area contributed by atoms with Gasteiger partial charge >= 0.3 is 0 Å². The van der Waals surface area contributed by atoms with Crippen LogP contribution in [0.3, 0.4) is 0 Å². The third kappa shape index (κ3) is 4.12. The van der Waals surface area contributed by atoms with E-state index in [0.717, 1.165) is 5.56 Å². The van der Waals surface area contributed by atoms with Crippen LogP contribution in [0, 0.1) is 5.82 Å². The third-order valence-corrected chi connectivity index (χ3v) is 3.50. The van der Waals surface area contributed by atoms with Gasteiger partial charge in [0.2, 0.25) is 11.8 Å². The number of thiocarbonyl (C=S) groups is 1. The van der Waals surface area contributed by atoms with E-state index in [1.54, 1.807) is 36.4 Å². The quantitative estimate of drug-likeness (QED) is 0.704. The summed E-state index contributed by atoms with van der Waals surface area (Å²) in [6.07, 6.45) is 0.299. The van der Waals surface area contributed by atoms with E-state index in [-0.39, 0.29) is 5.82 Å². The molecule has 0 aliphatic rings. The predicted octanol–water partition coefficient (Wildman–Crippen LogP) is 4.51. The van der Waals surface area contributed by atoms with Crippen LogP contribution in [0.1, 0.15) is 5.89 Å². The molecule has 0 aliphatic carbocycles. The molecule has 0 radical (unpaired) electrons. The van der Waals surface area contributed by atoms with Gasteiger partial charge in [0.15, 0.2) is 0 Å². The minimum atomic E-state index is -0.300. The van der Waals surface area contributed by atoms with Gasteiger partial charge in [-0.25, -0.2) is 4.39 Å². The Morgan fingerprint density at radius 1 is 1.09 bits per heavy atom. The minimum Gasteiger partial charge on any atom is -0.420 e. The maximum Gasteiger partial charge on any atom is 0.247 e. The van der Waals surface area contributed by atoms with E-state index in [1.165, 1.54) is 12.1 Å². The predicted molar refractivity (Wildman–Crippen MR) is 91.1 cm³/mol. The van der Waals surface area contributed by atoms with Crippen molar-refractivity contribution in [1.82, 2.24) is 10.2 Å². The van der Waals surface area contributed by atoms with Crippen molar-refractivity contribution in [3.05, 3.63) is 65.3 Å². The molecule has 4 nitrogen and oxygen atoms in total. The van der Waals surface area contributed by atoms with Crippen LogP contribution in [0.25, 0.3) is 11.5 Å². The molecular weight excluding hydrogens is 337 g/mol.